The van der Waals surface area contributed by atoms with Crippen molar-refractivity contribution >= 4 is 10.9 Å². The van der Waals surface area contributed by atoms with Gasteiger partial charge in [-0.25, -0.2) is 4.39 Å². The van der Waals surface area contributed by atoms with Crippen molar-refractivity contribution in [2.45, 2.75) is 25.7 Å². The Balaban J connectivity index is 2.11. The fourth-order valence-corrected chi connectivity index (χ4v) is 3.15. The number of H-pyrrole nitrogens is 1. The van der Waals surface area contributed by atoms with Gasteiger partial charge in [-0.1, -0.05) is 37.3 Å². The predicted molar refractivity (Wildman–Crippen MR) is 87.6 cm³/mol. The van der Waals surface area contributed by atoms with Gasteiger partial charge in [-0.2, -0.15) is 0 Å². The largest absolute Gasteiger partial charge is 0.396 e. The third-order valence-corrected chi connectivity index (χ3v) is 4.28. The van der Waals surface area contributed by atoms with Crippen molar-refractivity contribution in [2.75, 3.05) is 6.61 Å². The van der Waals surface area contributed by atoms with Gasteiger partial charge in [-0.05, 0) is 41.7 Å². The lowest BCUT2D eigenvalue weighted by molar-refractivity contribution is 0.282. The Labute approximate surface area is 129 Å². The van der Waals surface area contributed by atoms with E-state index in [1.807, 2.05) is 6.20 Å². The lowest BCUT2D eigenvalue weighted by Crippen LogP contribution is -2.03. The van der Waals surface area contributed by atoms with Crippen LogP contribution in [-0.2, 0) is 6.42 Å². The highest BCUT2D eigenvalue weighted by Gasteiger charge is 2.18. The molecule has 3 aromatic rings. The molecule has 0 aliphatic carbocycles. The summed E-state index contributed by atoms with van der Waals surface area (Å²) in [5.74, 6) is -0.176. The van der Waals surface area contributed by atoms with Crippen LogP contribution in [0.15, 0.2) is 48.7 Å². The number of aryl methyl sites for hydroxylation is 1. The molecule has 1 unspecified atom stereocenters. The molecule has 0 amide bonds. The van der Waals surface area contributed by atoms with Gasteiger partial charge in [0.15, 0.2) is 0 Å². The van der Waals surface area contributed by atoms with Crippen molar-refractivity contribution in [3.8, 4) is 0 Å². The van der Waals surface area contributed by atoms with E-state index < -0.39 is 0 Å². The summed E-state index contributed by atoms with van der Waals surface area (Å²) in [6.45, 7) is 2.24. The van der Waals surface area contributed by atoms with Crippen molar-refractivity contribution in [1.82, 2.24) is 4.98 Å². The van der Waals surface area contributed by atoms with Gasteiger partial charge in [0.05, 0.1) is 0 Å². The molecular formula is C19H20FNO. The Hall–Kier alpha value is -2.13. The van der Waals surface area contributed by atoms with Crippen LogP contribution in [0.2, 0.25) is 0 Å². The number of hydrogen-bond donors (Lipinski definition) is 2. The van der Waals surface area contributed by atoms with Crippen molar-refractivity contribution in [1.29, 1.82) is 0 Å². The first-order valence-corrected chi connectivity index (χ1v) is 7.69. The number of aromatic amines is 1. The number of hydrogen-bond acceptors (Lipinski definition) is 1. The standard InChI is InChI=1S/C19H20FNO/c1-2-13-4-3-5-17-18(12-21-19(13)17)16(10-11-22)14-6-8-15(20)9-7-14/h3-9,12,16,21-22H,2,10-11H2,1H3. The number of para-hydroxylation sites is 1. The molecule has 22 heavy (non-hydrogen) atoms. The van der Waals surface area contributed by atoms with Crippen LogP contribution in [0, 0.1) is 5.82 Å². The third kappa shape index (κ3) is 2.64. The Morgan fingerprint density at radius 1 is 1.14 bits per heavy atom. The summed E-state index contributed by atoms with van der Waals surface area (Å²) >= 11 is 0. The highest BCUT2D eigenvalue weighted by atomic mass is 19.1. The minimum Gasteiger partial charge on any atom is -0.396 e. The van der Waals surface area contributed by atoms with E-state index in [1.165, 1.54) is 23.1 Å². The zero-order valence-electron chi connectivity index (χ0n) is 12.6. The Kier molecular flexibility index (Phi) is 4.25. The van der Waals surface area contributed by atoms with Crippen LogP contribution in [0.5, 0.6) is 0 Å². The minimum absolute atomic E-state index is 0.0615. The number of aliphatic hydroxyl groups excluding tert-OH is 1. The normalized spacial score (nSPS) is 12.7. The maximum absolute atomic E-state index is 13.2. The Bertz CT molecular complexity index is 761. The van der Waals surface area contributed by atoms with E-state index >= 15 is 0 Å². The van der Waals surface area contributed by atoms with Gasteiger partial charge >= 0.3 is 0 Å². The van der Waals surface area contributed by atoms with Crippen molar-refractivity contribution in [3.05, 3.63) is 71.2 Å². The highest BCUT2D eigenvalue weighted by molar-refractivity contribution is 5.87. The van der Waals surface area contributed by atoms with Crippen LogP contribution in [0.1, 0.15) is 36.0 Å². The van der Waals surface area contributed by atoms with Crippen molar-refractivity contribution < 1.29 is 9.50 Å². The Morgan fingerprint density at radius 2 is 1.91 bits per heavy atom. The second kappa shape index (κ2) is 6.32. The van der Waals surface area contributed by atoms with E-state index in [1.54, 1.807) is 12.1 Å². The molecule has 3 heteroatoms. The van der Waals surface area contributed by atoms with E-state index in [4.69, 9.17) is 0 Å². The summed E-state index contributed by atoms with van der Waals surface area (Å²) in [6, 6.07) is 12.9. The molecule has 0 bridgehead atoms. The molecule has 1 aromatic heterocycles. The fraction of sp³-hybridized carbons (Fsp3) is 0.263. The van der Waals surface area contributed by atoms with Crippen LogP contribution in [0.25, 0.3) is 10.9 Å². The SMILES string of the molecule is CCc1cccc2c(C(CCO)c3ccc(F)cc3)c[nH]c12. The first kappa shape index (κ1) is 14.8. The van der Waals surface area contributed by atoms with E-state index in [0.717, 1.165) is 23.1 Å². The molecule has 2 aromatic carbocycles. The molecule has 0 saturated heterocycles. The molecule has 2 nitrogen and oxygen atoms in total. The summed E-state index contributed by atoms with van der Waals surface area (Å²) < 4.78 is 13.2. The van der Waals surface area contributed by atoms with E-state index in [9.17, 15) is 9.50 Å². The molecule has 0 fully saturated rings. The maximum Gasteiger partial charge on any atom is 0.123 e. The predicted octanol–water partition coefficient (Wildman–Crippen LogP) is 4.38. The summed E-state index contributed by atoms with van der Waals surface area (Å²) in [5.41, 5.74) is 4.62. The zero-order chi connectivity index (χ0) is 15.5. The number of fused-ring (bicyclic) bond motifs is 1. The van der Waals surface area contributed by atoms with Gasteiger partial charge in [0.1, 0.15) is 5.82 Å². The van der Waals surface area contributed by atoms with Gasteiger partial charge < -0.3 is 10.1 Å². The average Bonchev–Trinajstić information content (AvgIpc) is 2.97. The summed E-state index contributed by atoms with van der Waals surface area (Å²) in [6.07, 6.45) is 3.61. The van der Waals surface area contributed by atoms with Gasteiger partial charge in [0.2, 0.25) is 0 Å². The number of aromatic nitrogens is 1. The number of benzene rings is 2. The smallest absolute Gasteiger partial charge is 0.123 e. The molecule has 0 saturated carbocycles. The topological polar surface area (TPSA) is 36.0 Å². The summed E-state index contributed by atoms with van der Waals surface area (Å²) in [4.78, 5) is 3.37. The first-order chi connectivity index (χ1) is 10.7. The van der Waals surface area contributed by atoms with Gasteiger partial charge in [0, 0.05) is 29.6 Å². The average molecular weight is 297 g/mol. The van der Waals surface area contributed by atoms with Crippen LogP contribution >= 0.6 is 0 Å². The number of halogens is 1. The first-order valence-electron chi connectivity index (χ1n) is 7.69. The summed E-state index contributed by atoms with van der Waals surface area (Å²) in [5, 5.41) is 10.6. The molecular weight excluding hydrogens is 277 g/mol. The lowest BCUT2D eigenvalue weighted by Gasteiger charge is -2.16. The molecule has 1 heterocycles. The highest BCUT2D eigenvalue weighted by Crippen LogP contribution is 2.34. The van der Waals surface area contributed by atoms with E-state index in [-0.39, 0.29) is 18.3 Å². The molecule has 0 radical (unpaired) electrons. The monoisotopic (exact) mass is 297 g/mol. The molecule has 3 rings (SSSR count). The lowest BCUT2D eigenvalue weighted by atomic mass is 9.88. The number of nitrogens with one attached hydrogen (secondary N) is 1. The molecule has 2 N–H and O–H groups in total. The molecule has 1 atom stereocenters. The van der Waals surface area contributed by atoms with Gasteiger partial charge in [0.25, 0.3) is 0 Å². The fourth-order valence-electron chi connectivity index (χ4n) is 3.15. The molecule has 0 spiro atoms. The van der Waals surface area contributed by atoms with Crippen LogP contribution in [0.4, 0.5) is 4.39 Å². The number of rotatable bonds is 5. The Morgan fingerprint density at radius 3 is 2.59 bits per heavy atom. The summed E-state index contributed by atoms with van der Waals surface area (Å²) in [7, 11) is 0. The van der Waals surface area contributed by atoms with Gasteiger partial charge in [-0.15, -0.1) is 0 Å². The second-order valence-electron chi connectivity index (χ2n) is 5.55. The third-order valence-electron chi connectivity index (χ3n) is 4.28. The molecule has 0 aliphatic heterocycles. The van der Waals surface area contributed by atoms with Crippen LogP contribution < -0.4 is 0 Å². The quantitative estimate of drug-likeness (QED) is 0.720. The second-order valence-corrected chi connectivity index (χ2v) is 5.55. The van der Waals surface area contributed by atoms with Crippen LogP contribution in [-0.4, -0.2) is 16.7 Å². The van der Waals surface area contributed by atoms with E-state index in [2.05, 4.69) is 30.1 Å². The van der Waals surface area contributed by atoms with Crippen molar-refractivity contribution in [3.63, 3.8) is 0 Å². The van der Waals surface area contributed by atoms with E-state index in [0.29, 0.717) is 6.42 Å². The van der Waals surface area contributed by atoms with Crippen LogP contribution in [0.3, 0.4) is 0 Å². The molecule has 114 valence electrons. The minimum atomic E-state index is -0.237. The van der Waals surface area contributed by atoms with Gasteiger partial charge in [-0.3, -0.25) is 0 Å². The van der Waals surface area contributed by atoms with Crippen molar-refractivity contribution in [2.24, 2.45) is 0 Å². The number of aliphatic hydroxyl groups is 1. The molecule has 0 aliphatic rings. The zero-order valence-corrected chi connectivity index (χ0v) is 12.6. The maximum atomic E-state index is 13.2.